The Kier molecular flexibility index (Phi) is 6.04. The summed E-state index contributed by atoms with van der Waals surface area (Å²) < 4.78 is 0. The zero-order chi connectivity index (χ0) is 21.2. The van der Waals surface area contributed by atoms with Crippen LogP contribution in [0.3, 0.4) is 0 Å². The number of nitrogens with one attached hydrogen (secondary N) is 2. The molecule has 1 saturated heterocycles. The molecule has 29 heavy (non-hydrogen) atoms. The minimum absolute atomic E-state index is 0.0277. The van der Waals surface area contributed by atoms with Crippen molar-refractivity contribution in [2.75, 3.05) is 27.2 Å². The van der Waals surface area contributed by atoms with Crippen LogP contribution in [0.25, 0.3) is 0 Å². The second-order valence-electron chi connectivity index (χ2n) is 7.61. The summed E-state index contributed by atoms with van der Waals surface area (Å²) >= 11 is 1.62. The number of nitrogens with zero attached hydrogens (tertiary/aromatic N) is 2. The number of thiophene rings is 1. The summed E-state index contributed by atoms with van der Waals surface area (Å²) in [6.07, 6.45) is 0. The highest BCUT2D eigenvalue weighted by molar-refractivity contribution is 7.10. The summed E-state index contributed by atoms with van der Waals surface area (Å²) in [7, 11) is 3.89. The van der Waals surface area contributed by atoms with Crippen molar-refractivity contribution in [2.24, 2.45) is 0 Å². The molecular formula is C21H26N4O3S. The predicted octanol–water partition coefficient (Wildman–Crippen LogP) is 2.24. The van der Waals surface area contributed by atoms with E-state index in [9.17, 15) is 14.4 Å². The fourth-order valence-electron chi connectivity index (χ4n) is 3.35. The number of carbonyl (C=O) groups is 3. The van der Waals surface area contributed by atoms with E-state index < -0.39 is 17.5 Å². The molecule has 0 aliphatic carbocycles. The average Bonchev–Trinajstić information content (AvgIpc) is 3.26. The van der Waals surface area contributed by atoms with Crippen molar-refractivity contribution < 1.29 is 14.4 Å². The highest BCUT2D eigenvalue weighted by Gasteiger charge is 2.49. The van der Waals surface area contributed by atoms with Crippen LogP contribution in [0, 0.1) is 6.92 Å². The molecule has 154 valence electrons. The fraction of sp³-hybridized carbons (Fsp3) is 0.381. The molecule has 1 fully saturated rings. The van der Waals surface area contributed by atoms with Gasteiger partial charge < -0.3 is 15.5 Å². The molecule has 2 N–H and O–H groups in total. The molecule has 0 bridgehead atoms. The van der Waals surface area contributed by atoms with Crippen molar-refractivity contribution in [1.82, 2.24) is 20.4 Å². The van der Waals surface area contributed by atoms with E-state index in [0.717, 1.165) is 15.3 Å². The van der Waals surface area contributed by atoms with Gasteiger partial charge in [0.2, 0.25) is 5.91 Å². The zero-order valence-electron chi connectivity index (χ0n) is 17.1. The molecular weight excluding hydrogens is 388 g/mol. The Balaban J connectivity index is 1.65. The van der Waals surface area contributed by atoms with Gasteiger partial charge in [-0.3, -0.25) is 14.5 Å². The second kappa shape index (κ2) is 8.34. The monoisotopic (exact) mass is 414 g/mol. The summed E-state index contributed by atoms with van der Waals surface area (Å²) in [6, 6.07) is 10.9. The molecule has 2 unspecified atom stereocenters. The standard InChI is InChI=1S/C21H26N4O3S/c1-14-7-9-15(10-8-14)21(2)19(27)25(20(28)23-21)13-18(26)22-12-16(24(3)4)17-6-5-11-29-17/h5-11,16H,12-13H2,1-4H3,(H,22,26)(H,23,28). The molecule has 2 atom stereocenters. The Morgan fingerprint density at radius 2 is 1.93 bits per heavy atom. The minimum atomic E-state index is -1.17. The van der Waals surface area contributed by atoms with Gasteiger partial charge in [-0.15, -0.1) is 11.3 Å². The molecule has 1 aromatic carbocycles. The van der Waals surface area contributed by atoms with Crippen LogP contribution >= 0.6 is 11.3 Å². The summed E-state index contributed by atoms with van der Waals surface area (Å²) in [5, 5.41) is 7.57. The van der Waals surface area contributed by atoms with Crippen LogP contribution in [0.4, 0.5) is 4.79 Å². The van der Waals surface area contributed by atoms with Crippen LogP contribution < -0.4 is 10.6 Å². The van der Waals surface area contributed by atoms with E-state index >= 15 is 0 Å². The first-order chi connectivity index (χ1) is 13.7. The molecule has 1 aliphatic rings. The molecule has 3 rings (SSSR count). The van der Waals surface area contributed by atoms with E-state index in [2.05, 4.69) is 10.6 Å². The molecule has 1 aliphatic heterocycles. The van der Waals surface area contributed by atoms with E-state index in [0.29, 0.717) is 12.1 Å². The minimum Gasteiger partial charge on any atom is -0.353 e. The lowest BCUT2D eigenvalue weighted by Crippen LogP contribution is -2.44. The molecule has 2 aromatic rings. The van der Waals surface area contributed by atoms with Gasteiger partial charge >= 0.3 is 6.03 Å². The lowest BCUT2D eigenvalue weighted by molar-refractivity contribution is -0.134. The van der Waals surface area contributed by atoms with Gasteiger partial charge in [-0.05, 0) is 45.0 Å². The maximum atomic E-state index is 12.9. The quantitative estimate of drug-likeness (QED) is 0.681. The maximum Gasteiger partial charge on any atom is 0.325 e. The smallest absolute Gasteiger partial charge is 0.325 e. The number of imide groups is 1. The Labute approximate surface area is 174 Å². The van der Waals surface area contributed by atoms with Crippen LogP contribution in [0.5, 0.6) is 0 Å². The van der Waals surface area contributed by atoms with Crippen molar-refractivity contribution >= 4 is 29.2 Å². The molecule has 4 amide bonds. The van der Waals surface area contributed by atoms with Gasteiger partial charge in [-0.2, -0.15) is 0 Å². The highest BCUT2D eigenvalue weighted by atomic mass is 32.1. The number of hydrogen-bond donors (Lipinski definition) is 2. The number of urea groups is 1. The van der Waals surface area contributed by atoms with Crippen molar-refractivity contribution in [3.8, 4) is 0 Å². The van der Waals surface area contributed by atoms with Crippen molar-refractivity contribution in [2.45, 2.75) is 25.4 Å². The summed E-state index contributed by atoms with van der Waals surface area (Å²) in [5.41, 5.74) is 0.579. The Hall–Kier alpha value is -2.71. The molecule has 0 spiro atoms. The first-order valence-corrected chi connectivity index (χ1v) is 10.3. The first kappa shape index (κ1) is 21.0. The third-order valence-electron chi connectivity index (χ3n) is 5.19. The van der Waals surface area contributed by atoms with E-state index in [4.69, 9.17) is 0 Å². The van der Waals surface area contributed by atoms with Gasteiger partial charge in [0.05, 0.1) is 6.04 Å². The molecule has 7 nitrogen and oxygen atoms in total. The Bertz CT molecular complexity index is 895. The number of amides is 4. The van der Waals surface area contributed by atoms with Crippen LogP contribution in [0.2, 0.25) is 0 Å². The maximum absolute atomic E-state index is 12.9. The largest absolute Gasteiger partial charge is 0.353 e. The normalized spacial score (nSPS) is 20.1. The summed E-state index contributed by atoms with van der Waals surface area (Å²) in [6.45, 7) is 3.70. The number of aryl methyl sites for hydroxylation is 1. The van der Waals surface area contributed by atoms with Gasteiger partial charge in [0.25, 0.3) is 5.91 Å². The van der Waals surface area contributed by atoms with Gasteiger partial charge in [0.1, 0.15) is 12.1 Å². The van der Waals surface area contributed by atoms with Crippen LogP contribution in [-0.4, -0.2) is 54.8 Å². The number of hydrogen-bond acceptors (Lipinski definition) is 5. The van der Waals surface area contributed by atoms with Gasteiger partial charge in [0, 0.05) is 11.4 Å². The number of rotatable bonds is 7. The number of likely N-dealkylation sites (N-methyl/N-ethyl adjacent to an activating group) is 1. The summed E-state index contributed by atoms with van der Waals surface area (Å²) in [4.78, 5) is 42.0. The zero-order valence-corrected chi connectivity index (χ0v) is 17.9. The van der Waals surface area contributed by atoms with Crippen LogP contribution in [0.1, 0.15) is 29.0 Å². The summed E-state index contributed by atoms with van der Waals surface area (Å²) in [5.74, 6) is -0.797. The van der Waals surface area contributed by atoms with Crippen LogP contribution in [0.15, 0.2) is 41.8 Å². The number of benzene rings is 1. The SMILES string of the molecule is Cc1ccc(C2(C)NC(=O)N(CC(=O)NCC(c3cccs3)N(C)C)C2=O)cc1. The predicted molar refractivity (Wildman–Crippen MR) is 113 cm³/mol. The van der Waals surface area contributed by atoms with Crippen molar-refractivity contribution in [1.29, 1.82) is 0 Å². The van der Waals surface area contributed by atoms with Crippen molar-refractivity contribution in [3.63, 3.8) is 0 Å². The molecule has 1 aromatic heterocycles. The third kappa shape index (κ3) is 4.33. The third-order valence-corrected chi connectivity index (χ3v) is 6.17. The van der Waals surface area contributed by atoms with E-state index in [1.807, 2.05) is 67.7 Å². The average molecular weight is 415 g/mol. The first-order valence-electron chi connectivity index (χ1n) is 9.40. The topological polar surface area (TPSA) is 81.8 Å². The van der Waals surface area contributed by atoms with Gasteiger partial charge in [-0.1, -0.05) is 35.9 Å². The molecule has 0 saturated carbocycles. The van der Waals surface area contributed by atoms with E-state index in [-0.39, 0.29) is 18.5 Å². The number of carbonyl (C=O) groups excluding carboxylic acids is 3. The van der Waals surface area contributed by atoms with Gasteiger partial charge in [-0.25, -0.2) is 4.79 Å². The van der Waals surface area contributed by atoms with E-state index in [1.165, 1.54) is 0 Å². The molecule has 0 radical (unpaired) electrons. The van der Waals surface area contributed by atoms with E-state index in [1.54, 1.807) is 18.3 Å². The lowest BCUT2D eigenvalue weighted by Gasteiger charge is -2.24. The fourth-order valence-corrected chi connectivity index (χ4v) is 4.27. The Morgan fingerprint density at radius 1 is 1.24 bits per heavy atom. The molecule has 2 heterocycles. The second-order valence-corrected chi connectivity index (χ2v) is 8.59. The van der Waals surface area contributed by atoms with Crippen molar-refractivity contribution in [3.05, 3.63) is 57.8 Å². The molecule has 8 heteroatoms. The van der Waals surface area contributed by atoms with Gasteiger partial charge in [0.15, 0.2) is 0 Å². The van der Waals surface area contributed by atoms with Crippen LogP contribution in [-0.2, 0) is 15.1 Å². The highest BCUT2D eigenvalue weighted by Crippen LogP contribution is 2.29. The Morgan fingerprint density at radius 3 is 2.52 bits per heavy atom. The lowest BCUT2D eigenvalue weighted by atomic mass is 9.91.